The molecule has 0 bridgehead atoms. The Labute approximate surface area is 141 Å². The second-order valence-electron chi connectivity index (χ2n) is 9.30. The van der Waals surface area contributed by atoms with E-state index in [1.165, 1.54) is 0 Å². The molecule has 0 aromatic carbocycles. The molecule has 24 heavy (non-hydrogen) atoms. The highest BCUT2D eigenvalue weighted by Gasteiger charge is 2.83. The number of carbonyl (C=O) groups excluding carboxylic acids is 2. The Kier molecular flexibility index (Phi) is 2.65. The molecule has 8 atom stereocenters. The number of alkyl halides is 1. The molecule has 0 amide bonds. The van der Waals surface area contributed by atoms with E-state index in [9.17, 15) is 14.7 Å². The number of epoxide rings is 1. The molecule has 5 rings (SSSR count). The van der Waals surface area contributed by atoms with Crippen molar-refractivity contribution in [3.05, 3.63) is 0 Å². The minimum Gasteiger partial charge on any atom is -0.390 e. The maximum absolute atomic E-state index is 16.7. The summed E-state index contributed by atoms with van der Waals surface area (Å²) < 4.78 is 22.6. The number of aliphatic hydroxyl groups is 1. The van der Waals surface area contributed by atoms with Gasteiger partial charge >= 0.3 is 0 Å². The maximum Gasteiger partial charge on any atom is 0.164 e. The van der Waals surface area contributed by atoms with Crippen LogP contribution in [0.2, 0.25) is 0 Å². The summed E-state index contributed by atoms with van der Waals surface area (Å²) in [6.45, 7) is 3.80. The number of rotatable bonds is 0. The Bertz CT molecular complexity index is 664. The van der Waals surface area contributed by atoms with Gasteiger partial charge in [0.25, 0.3) is 0 Å². The van der Waals surface area contributed by atoms with Crippen LogP contribution in [0.4, 0.5) is 4.39 Å². The standard InChI is InChI=1S/C19H25FO4/c1-16-9-14(23)19(20)11(10(16)3-4-13(16)22)5-8-18-15(24-18)12(21)6-7-17(18,19)2/h10-11,14-15,23H,3-9H2,1-2H3/t10-,11-,14-,15?,16-,17-,18?,19?/m0/s1. The van der Waals surface area contributed by atoms with Crippen LogP contribution in [0.15, 0.2) is 0 Å². The molecule has 5 heteroatoms. The van der Waals surface area contributed by atoms with E-state index in [-0.39, 0.29) is 29.8 Å². The molecule has 0 aromatic rings. The van der Waals surface area contributed by atoms with E-state index in [1.54, 1.807) is 0 Å². The number of halogens is 1. The van der Waals surface area contributed by atoms with Crippen molar-refractivity contribution in [2.45, 2.75) is 82.3 Å². The smallest absolute Gasteiger partial charge is 0.164 e. The van der Waals surface area contributed by atoms with Crippen molar-refractivity contribution in [2.24, 2.45) is 22.7 Å². The molecule has 3 unspecified atom stereocenters. The molecule has 5 fully saturated rings. The lowest BCUT2D eigenvalue weighted by atomic mass is 9.42. The molecule has 5 aliphatic rings. The zero-order chi connectivity index (χ0) is 17.1. The Morgan fingerprint density at radius 2 is 1.88 bits per heavy atom. The third-order valence-corrected chi connectivity index (χ3v) is 8.73. The lowest BCUT2D eigenvalue weighted by Crippen LogP contribution is -2.72. The van der Waals surface area contributed by atoms with E-state index >= 15 is 4.39 Å². The van der Waals surface area contributed by atoms with Gasteiger partial charge in [0.05, 0.1) is 6.10 Å². The molecule has 1 aliphatic heterocycles. The van der Waals surface area contributed by atoms with Gasteiger partial charge in [-0.15, -0.1) is 0 Å². The van der Waals surface area contributed by atoms with Crippen LogP contribution < -0.4 is 0 Å². The van der Waals surface area contributed by atoms with E-state index in [2.05, 4.69) is 0 Å². The molecule has 1 spiro atoms. The molecule has 4 nitrogen and oxygen atoms in total. The summed E-state index contributed by atoms with van der Waals surface area (Å²) in [6.07, 6.45) is 1.82. The summed E-state index contributed by atoms with van der Waals surface area (Å²) in [7, 11) is 0. The molecule has 132 valence electrons. The summed E-state index contributed by atoms with van der Waals surface area (Å²) in [5.41, 5.74) is -3.91. The molecular weight excluding hydrogens is 311 g/mol. The molecule has 1 N–H and O–H groups in total. The average molecular weight is 336 g/mol. The van der Waals surface area contributed by atoms with Crippen LogP contribution in [0.25, 0.3) is 0 Å². The van der Waals surface area contributed by atoms with Crippen molar-refractivity contribution >= 4 is 11.6 Å². The van der Waals surface area contributed by atoms with Gasteiger partial charge in [0.2, 0.25) is 0 Å². The highest BCUT2D eigenvalue weighted by molar-refractivity contribution is 5.89. The number of hydrogen-bond acceptors (Lipinski definition) is 4. The first-order valence-electron chi connectivity index (χ1n) is 9.31. The lowest BCUT2D eigenvalue weighted by molar-refractivity contribution is -0.238. The minimum absolute atomic E-state index is 0.00223. The van der Waals surface area contributed by atoms with Crippen LogP contribution in [0.3, 0.4) is 0 Å². The van der Waals surface area contributed by atoms with E-state index in [4.69, 9.17) is 4.74 Å². The number of aliphatic hydroxyl groups excluding tert-OH is 1. The van der Waals surface area contributed by atoms with Gasteiger partial charge < -0.3 is 9.84 Å². The molecule has 1 heterocycles. The van der Waals surface area contributed by atoms with Crippen molar-refractivity contribution in [1.82, 2.24) is 0 Å². The van der Waals surface area contributed by atoms with Crippen molar-refractivity contribution in [2.75, 3.05) is 0 Å². The second-order valence-corrected chi connectivity index (χ2v) is 9.30. The number of carbonyl (C=O) groups is 2. The number of fused-ring (bicyclic) bond motifs is 4. The fraction of sp³-hybridized carbons (Fsp3) is 0.895. The van der Waals surface area contributed by atoms with Crippen LogP contribution in [-0.2, 0) is 14.3 Å². The van der Waals surface area contributed by atoms with Crippen molar-refractivity contribution in [1.29, 1.82) is 0 Å². The predicted octanol–water partition coefficient (Wildman–Crippen LogP) is 2.36. The maximum atomic E-state index is 16.7. The third-order valence-electron chi connectivity index (χ3n) is 8.73. The SMILES string of the molecule is C[C@]12CCC(=O)C3OC31CC[C@H]1[C@@H]3CCC(=O)[C@@]3(C)C[C@H](O)C12F. The fourth-order valence-electron chi connectivity index (χ4n) is 7.28. The summed E-state index contributed by atoms with van der Waals surface area (Å²) in [5.74, 6) is -0.0482. The highest BCUT2D eigenvalue weighted by atomic mass is 19.1. The van der Waals surface area contributed by atoms with Gasteiger partial charge in [-0.25, -0.2) is 4.39 Å². The van der Waals surface area contributed by atoms with Gasteiger partial charge in [-0.05, 0) is 38.0 Å². The van der Waals surface area contributed by atoms with Gasteiger partial charge in [0.1, 0.15) is 23.2 Å². The van der Waals surface area contributed by atoms with Crippen molar-refractivity contribution in [3.63, 3.8) is 0 Å². The van der Waals surface area contributed by atoms with Crippen LogP contribution in [0, 0.1) is 22.7 Å². The second kappa shape index (κ2) is 4.12. The quantitative estimate of drug-likeness (QED) is 0.690. The van der Waals surface area contributed by atoms with E-state index in [0.29, 0.717) is 32.1 Å². The third kappa shape index (κ3) is 1.34. The molecular formula is C19H25FO4. The number of Topliss-reactive ketones (excluding diaryl/α,β-unsaturated/α-hetero) is 2. The molecule has 1 saturated heterocycles. The van der Waals surface area contributed by atoms with Crippen LogP contribution in [-0.4, -0.2) is 40.2 Å². The number of hydrogen-bond donors (Lipinski definition) is 1. The van der Waals surface area contributed by atoms with Crippen LogP contribution >= 0.6 is 0 Å². The largest absolute Gasteiger partial charge is 0.390 e. The topological polar surface area (TPSA) is 66.9 Å². The molecule has 4 aliphatic carbocycles. The molecule has 4 saturated carbocycles. The van der Waals surface area contributed by atoms with Gasteiger partial charge in [-0.2, -0.15) is 0 Å². The first-order valence-corrected chi connectivity index (χ1v) is 9.31. The summed E-state index contributed by atoms with van der Waals surface area (Å²) in [4.78, 5) is 24.5. The molecule has 0 radical (unpaired) electrons. The first kappa shape index (κ1) is 15.4. The Morgan fingerprint density at radius 3 is 2.62 bits per heavy atom. The monoisotopic (exact) mass is 336 g/mol. The zero-order valence-corrected chi connectivity index (χ0v) is 14.3. The van der Waals surface area contributed by atoms with Gasteiger partial charge in [-0.1, -0.05) is 13.8 Å². The van der Waals surface area contributed by atoms with Gasteiger partial charge in [0, 0.05) is 29.6 Å². The Balaban J connectivity index is 1.63. The van der Waals surface area contributed by atoms with Gasteiger partial charge in [-0.3, -0.25) is 9.59 Å². The minimum atomic E-state index is -1.77. The lowest BCUT2D eigenvalue weighted by Gasteiger charge is -2.63. The fourth-order valence-corrected chi connectivity index (χ4v) is 7.28. The van der Waals surface area contributed by atoms with Crippen molar-refractivity contribution < 1.29 is 23.8 Å². The van der Waals surface area contributed by atoms with Crippen LogP contribution in [0.1, 0.15) is 58.8 Å². The first-order chi connectivity index (χ1) is 11.2. The highest BCUT2D eigenvalue weighted by Crippen LogP contribution is 2.74. The summed E-state index contributed by atoms with van der Waals surface area (Å²) in [6, 6.07) is 0. The van der Waals surface area contributed by atoms with Crippen LogP contribution in [0.5, 0.6) is 0 Å². The van der Waals surface area contributed by atoms with Crippen molar-refractivity contribution in [3.8, 4) is 0 Å². The normalized spacial score (nSPS) is 61.7. The summed E-state index contributed by atoms with van der Waals surface area (Å²) in [5, 5.41) is 10.9. The van der Waals surface area contributed by atoms with Gasteiger partial charge in [0.15, 0.2) is 5.78 Å². The molecule has 0 aromatic heterocycles. The van der Waals surface area contributed by atoms with E-state index < -0.39 is 34.3 Å². The zero-order valence-electron chi connectivity index (χ0n) is 14.3. The Morgan fingerprint density at radius 1 is 1.12 bits per heavy atom. The predicted molar refractivity (Wildman–Crippen MR) is 83.0 cm³/mol. The number of ketones is 2. The summed E-state index contributed by atoms with van der Waals surface area (Å²) >= 11 is 0. The van der Waals surface area contributed by atoms with E-state index in [1.807, 2.05) is 13.8 Å². The average Bonchev–Trinajstić information content (AvgIpc) is 3.21. The van der Waals surface area contributed by atoms with E-state index in [0.717, 1.165) is 6.42 Å². The Hall–Kier alpha value is -0.810. The number of ether oxygens (including phenoxy) is 1.